The highest BCUT2D eigenvalue weighted by atomic mass is 15.1. The highest BCUT2D eigenvalue weighted by Crippen LogP contribution is 2.28. The maximum absolute atomic E-state index is 4.62. The van der Waals surface area contributed by atoms with Crippen molar-refractivity contribution in [1.82, 2.24) is 34.5 Å². The fraction of sp³-hybridized carbons (Fsp3) is 0. The predicted molar refractivity (Wildman–Crippen MR) is 103 cm³/mol. The van der Waals surface area contributed by atoms with Crippen LogP contribution in [0.2, 0.25) is 0 Å². The Kier molecular flexibility index (Phi) is 2.76. The molecule has 0 bridgehead atoms. The number of nitrogens with one attached hydrogen (secondary N) is 2. The van der Waals surface area contributed by atoms with Crippen molar-refractivity contribution in [3.05, 3.63) is 67.5 Å². The van der Waals surface area contributed by atoms with Crippen LogP contribution in [0, 0.1) is 0 Å². The molecule has 2 N–H and O–H groups in total. The summed E-state index contributed by atoms with van der Waals surface area (Å²) in [5.74, 6) is 0. The molecule has 0 fully saturated rings. The van der Waals surface area contributed by atoms with Crippen molar-refractivity contribution in [3.8, 4) is 22.5 Å². The Labute approximate surface area is 152 Å². The minimum atomic E-state index is 0.815. The molecule has 5 heterocycles. The summed E-state index contributed by atoms with van der Waals surface area (Å²) in [6.45, 7) is 0. The maximum Gasteiger partial charge on any atom is 0.155 e. The Hall–Kier alpha value is -4.00. The molecule has 1 aromatic carbocycles. The summed E-state index contributed by atoms with van der Waals surface area (Å²) in [7, 11) is 0. The summed E-state index contributed by atoms with van der Waals surface area (Å²) in [5.41, 5.74) is 6.63. The molecular formula is C20H13N7. The number of aromatic amines is 2. The highest BCUT2D eigenvalue weighted by molar-refractivity contribution is 5.89. The van der Waals surface area contributed by atoms with Crippen LogP contribution in [0.1, 0.15) is 0 Å². The van der Waals surface area contributed by atoms with Crippen molar-refractivity contribution >= 4 is 27.6 Å². The molecule has 6 rings (SSSR count). The standard InChI is InChI=1S/C20H13N7/c1-2-13-9-23-26-17(13)6-12(1)16-7-14-5-15(8-22-20(14)25-16)18-11-27-4-3-21-10-19(27)24-18/h1-11H,(H,22,25)(H,23,26). The molecule has 27 heavy (non-hydrogen) atoms. The van der Waals surface area contributed by atoms with Gasteiger partial charge in [0.15, 0.2) is 5.65 Å². The lowest BCUT2D eigenvalue weighted by molar-refractivity contribution is 1.12. The lowest BCUT2D eigenvalue weighted by Crippen LogP contribution is -1.81. The van der Waals surface area contributed by atoms with Crippen LogP contribution in [-0.2, 0) is 0 Å². The number of rotatable bonds is 2. The van der Waals surface area contributed by atoms with Crippen LogP contribution in [0.4, 0.5) is 0 Å². The monoisotopic (exact) mass is 351 g/mol. The van der Waals surface area contributed by atoms with Gasteiger partial charge in [0.2, 0.25) is 0 Å². The third-order valence-electron chi connectivity index (χ3n) is 4.78. The molecule has 0 radical (unpaired) electrons. The normalized spacial score (nSPS) is 11.7. The van der Waals surface area contributed by atoms with Gasteiger partial charge in [0, 0.05) is 52.4 Å². The molecule has 6 aromatic rings. The molecule has 0 saturated carbocycles. The molecule has 5 aromatic heterocycles. The van der Waals surface area contributed by atoms with Crippen LogP contribution in [-0.4, -0.2) is 34.5 Å². The number of fused-ring (bicyclic) bond motifs is 3. The third kappa shape index (κ3) is 2.22. The third-order valence-corrected chi connectivity index (χ3v) is 4.78. The molecule has 0 aliphatic heterocycles. The van der Waals surface area contributed by atoms with E-state index in [9.17, 15) is 0 Å². The smallest absolute Gasteiger partial charge is 0.155 e. The zero-order valence-corrected chi connectivity index (χ0v) is 14.1. The minimum Gasteiger partial charge on any atom is -0.339 e. The highest BCUT2D eigenvalue weighted by Gasteiger charge is 2.10. The Morgan fingerprint density at radius 2 is 1.93 bits per heavy atom. The molecule has 0 aliphatic rings. The van der Waals surface area contributed by atoms with E-state index in [-0.39, 0.29) is 0 Å². The van der Waals surface area contributed by atoms with E-state index < -0.39 is 0 Å². The van der Waals surface area contributed by atoms with E-state index in [4.69, 9.17) is 0 Å². The minimum absolute atomic E-state index is 0.815. The molecule has 0 saturated heterocycles. The molecule has 7 nitrogen and oxygen atoms in total. The van der Waals surface area contributed by atoms with E-state index >= 15 is 0 Å². The van der Waals surface area contributed by atoms with Crippen LogP contribution in [0.15, 0.2) is 67.5 Å². The van der Waals surface area contributed by atoms with Gasteiger partial charge < -0.3 is 9.38 Å². The van der Waals surface area contributed by atoms with Gasteiger partial charge in [-0.05, 0) is 18.2 Å². The predicted octanol–water partition coefficient (Wildman–Crippen LogP) is 3.82. The summed E-state index contributed by atoms with van der Waals surface area (Å²) in [6, 6.07) is 10.4. The first-order valence-electron chi connectivity index (χ1n) is 8.55. The number of imidazole rings is 1. The first-order valence-corrected chi connectivity index (χ1v) is 8.55. The summed E-state index contributed by atoms with van der Waals surface area (Å²) in [5, 5.41) is 9.23. The quantitative estimate of drug-likeness (QED) is 0.496. The largest absolute Gasteiger partial charge is 0.339 e. The molecule has 128 valence electrons. The number of aromatic nitrogens is 7. The summed E-state index contributed by atoms with van der Waals surface area (Å²) < 4.78 is 1.95. The second-order valence-electron chi connectivity index (χ2n) is 6.48. The fourth-order valence-corrected chi connectivity index (χ4v) is 3.40. The topological polar surface area (TPSA) is 87.5 Å². The van der Waals surface area contributed by atoms with Gasteiger partial charge >= 0.3 is 0 Å². The van der Waals surface area contributed by atoms with Crippen LogP contribution >= 0.6 is 0 Å². The van der Waals surface area contributed by atoms with E-state index in [1.165, 1.54) is 0 Å². The van der Waals surface area contributed by atoms with Crippen molar-refractivity contribution < 1.29 is 0 Å². The number of pyridine rings is 1. The summed E-state index contributed by atoms with van der Waals surface area (Å²) in [6.07, 6.45) is 11.0. The average Bonchev–Trinajstić information content (AvgIpc) is 3.42. The first kappa shape index (κ1) is 14.2. The Balaban J connectivity index is 1.46. The first-order chi connectivity index (χ1) is 13.3. The number of H-pyrrole nitrogens is 2. The average molecular weight is 351 g/mol. The van der Waals surface area contributed by atoms with Crippen molar-refractivity contribution in [2.75, 3.05) is 0 Å². The van der Waals surface area contributed by atoms with Gasteiger partial charge in [-0.25, -0.2) is 9.97 Å². The molecular weight excluding hydrogens is 338 g/mol. The van der Waals surface area contributed by atoms with Crippen molar-refractivity contribution in [2.45, 2.75) is 0 Å². The fourth-order valence-electron chi connectivity index (χ4n) is 3.40. The van der Waals surface area contributed by atoms with Crippen LogP contribution in [0.25, 0.3) is 50.1 Å². The molecule has 7 heteroatoms. The molecule has 0 spiro atoms. The van der Waals surface area contributed by atoms with Crippen LogP contribution in [0.5, 0.6) is 0 Å². The SMILES string of the molecule is c1cn2cc(-c3cnc4[nH]c(-c5ccc6cn[nH]c6c5)cc4c3)nc2cn1. The summed E-state index contributed by atoms with van der Waals surface area (Å²) >= 11 is 0. The van der Waals surface area contributed by atoms with E-state index in [1.807, 2.05) is 29.2 Å². The van der Waals surface area contributed by atoms with Gasteiger partial charge in [0.1, 0.15) is 5.65 Å². The Morgan fingerprint density at radius 3 is 2.89 bits per heavy atom. The zero-order chi connectivity index (χ0) is 17.8. The van der Waals surface area contributed by atoms with E-state index in [1.54, 1.807) is 12.4 Å². The van der Waals surface area contributed by atoms with Gasteiger partial charge in [-0.15, -0.1) is 0 Å². The number of hydrogen-bond donors (Lipinski definition) is 2. The van der Waals surface area contributed by atoms with Crippen molar-refractivity contribution in [3.63, 3.8) is 0 Å². The van der Waals surface area contributed by atoms with Crippen molar-refractivity contribution in [2.24, 2.45) is 0 Å². The second-order valence-corrected chi connectivity index (χ2v) is 6.48. The lowest BCUT2D eigenvalue weighted by Gasteiger charge is -1.97. The Bertz CT molecular complexity index is 1400. The van der Waals surface area contributed by atoms with E-state index in [2.05, 4.69) is 60.5 Å². The van der Waals surface area contributed by atoms with Gasteiger partial charge in [-0.2, -0.15) is 5.10 Å². The summed E-state index contributed by atoms with van der Waals surface area (Å²) in [4.78, 5) is 16.7. The van der Waals surface area contributed by atoms with Crippen LogP contribution in [0.3, 0.4) is 0 Å². The maximum atomic E-state index is 4.62. The second kappa shape index (κ2) is 5.25. The van der Waals surface area contributed by atoms with Gasteiger partial charge in [0.25, 0.3) is 0 Å². The molecule has 0 amide bonds. The lowest BCUT2D eigenvalue weighted by atomic mass is 10.1. The zero-order valence-electron chi connectivity index (χ0n) is 14.1. The Morgan fingerprint density at radius 1 is 0.926 bits per heavy atom. The van der Waals surface area contributed by atoms with Gasteiger partial charge in [-0.3, -0.25) is 10.1 Å². The number of hydrogen-bond acceptors (Lipinski definition) is 4. The van der Waals surface area contributed by atoms with Gasteiger partial charge in [-0.1, -0.05) is 12.1 Å². The van der Waals surface area contributed by atoms with Crippen LogP contribution < -0.4 is 0 Å². The van der Waals surface area contributed by atoms with E-state index in [0.29, 0.717) is 0 Å². The number of nitrogens with zero attached hydrogens (tertiary/aromatic N) is 5. The molecule has 0 atom stereocenters. The van der Waals surface area contributed by atoms with Crippen molar-refractivity contribution in [1.29, 1.82) is 0 Å². The van der Waals surface area contributed by atoms with Gasteiger partial charge in [0.05, 0.1) is 23.6 Å². The van der Waals surface area contributed by atoms with E-state index in [0.717, 1.165) is 50.1 Å². The number of benzene rings is 1. The molecule has 0 unspecified atom stereocenters. The molecule has 0 aliphatic carbocycles.